The highest BCUT2D eigenvalue weighted by Crippen LogP contribution is 2.37. The number of ether oxygens (including phenoxy) is 1. The minimum Gasteiger partial charge on any atom is -0.441 e. The number of amides is 1. The molecule has 1 aromatic heterocycles. The number of nitrogens with zero attached hydrogens (tertiary/aromatic N) is 1. The Hall–Kier alpha value is -3.34. The van der Waals surface area contributed by atoms with Crippen LogP contribution in [0.25, 0.3) is 5.57 Å². The van der Waals surface area contributed by atoms with E-state index < -0.39 is 6.09 Å². The molecule has 2 aliphatic rings. The molecule has 0 radical (unpaired) electrons. The second-order valence-corrected chi connectivity index (χ2v) is 8.14. The standard InChI is InChI=1S/C26H28N2O3/c1-17-9-11-21(12-10-17)22-13-15-23(16-14-22)25-24(18(2)28-31-25)27-26(29)30-19(3)20-7-5-4-6-8-20/h4-9,11,13,15,19H,10,12,14,16H2,1-3H3,(H,27,29). The third-order valence-corrected chi connectivity index (χ3v) is 5.85. The number of anilines is 1. The number of benzene rings is 1. The second kappa shape index (κ2) is 9.21. The first-order chi connectivity index (χ1) is 15.0. The average molecular weight is 417 g/mol. The van der Waals surface area contributed by atoms with Gasteiger partial charge >= 0.3 is 6.09 Å². The fraction of sp³-hybridized carbons (Fsp3) is 0.308. The van der Waals surface area contributed by atoms with Crippen LogP contribution in [0, 0.1) is 6.92 Å². The van der Waals surface area contributed by atoms with Gasteiger partial charge in [0.2, 0.25) is 0 Å². The van der Waals surface area contributed by atoms with Crippen LogP contribution in [0.4, 0.5) is 10.5 Å². The van der Waals surface area contributed by atoms with Crippen molar-refractivity contribution in [2.75, 3.05) is 5.32 Å². The summed E-state index contributed by atoms with van der Waals surface area (Å²) in [6.07, 6.45) is 11.8. The number of hydrogen-bond donors (Lipinski definition) is 1. The molecule has 0 spiro atoms. The molecular formula is C26H28N2O3. The highest BCUT2D eigenvalue weighted by atomic mass is 16.6. The Morgan fingerprint density at radius 2 is 1.61 bits per heavy atom. The smallest absolute Gasteiger partial charge is 0.412 e. The average Bonchev–Trinajstić information content (AvgIpc) is 3.15. The summed E-state index contributed by atoms with van der Waals surface area (Å²) in [5.41, 5.74) is 7.38. The number of aromatic nitrogens is 1. The highest BCUT2D eigenvalue weighted by Gasteiger charge is 2.23. The third kappa shape index (κ3) is 4.88. The van der Waals surface area contributed by atoms with Gasteiger partial charge in [-0.15, -0.1) is 0 Å². The molecular weight excluding hydrogens is 388 g/mol. The van der Waals surface area contributed by atoms with Crippen molar-refractivity contribution < 1.29 is 14.1 Å². The van der Waals surface area contributed by atoms with Crippen LogP contribution in [-0.4, -0.2) is 11.2 Å². The van der Waals surface area contributed by atoms with Crippen molar-refractivity contribution in [3.05, 3.63) is 88.4 Å². The summed E-state index contributed by atoms with van der Waals surface area (Å²) in [6.45, 7) is 5.84. The van der Waals surface area contributed by atoms with Crippen molar-refractivity contribution in [1.29, 1.82) is 0 Å². The van der Waals surface area contributed by atoms with E-state index in [1.807, 2.05) is 44.2 Å². The number of allylic oxidation sites excluding steroid dienone is 8. The van der Waals surface area contributed by atoms with E-state index in [1.165, 1.54) is 16.7 Å². The largest absolute Gasteiger partial charge is 0.441 e. The number of rotatable bonds is 5. The van der Waals surface area contributed by atoms with Gasteiger partial charge in [0.05, 0.1) is 0 Å². The predicted octanol–water partition coefficient (Wildman–Crippen LogP) is 7.06. The molecule has 0 aliphatic heterocycles. The van der Waals surface area contributed by atoms with Crippen molar-refractivity contribution in [3.63, 3.8) is 0 Å². The Balaban J connectivity index is 1.47. The second-order valence-electron chi connectivity index (χ2n) is 8.14. The lowest BCUT2D eigenvalue weighted by atomic mass is 9.87. The fourth-order valence-electron chi connectivity index (χ4n) is 3.92. The molecule has 2 aromatic rings. The van der Waals surface area contributed by atoms with Gasteiger partial charge in [-0.2, -0.15) is 0 Å². The van der Waals surface area contributed by atoms with Crippen LogP contribution in [0.1, 0.15) is 62.7 Å². The molecule has 1 aromatic carbocycles. The van der Waals surface area contributed by atoms with E-state index in [0.717, 1.165) is 36.8 Å². The van der Waals surface area contributed by atoms with Crippen LogP contribution >= 0.6 is 0 Å². The van der Waals surface area contributed by atoms with E-state index in [1.54, 1.807) is 0 Å². The Morgan fingerprint density at radius 1 is 0.968 bits per heavy atom. The molecule has 0 saturated carbocycles. The summed E-state index contributed by atoms with van der Waals surface area (Å²) in [6, 6.07) is 9.65. The zero-order valence-electron chi connectivity index (χ0n) is 18.3. The first-order valence-electron chi connectivity index (χ1n) is 10.8. The summed E-state index contributed by atoms with van der Waals surface area (Å²) in [5, 5.41) is 6.91. The molecule has 0 fully saturated rings. The summed E-state index contributed by atoms with van der Waals surface area (Å²) in [5.74, 6) is 0.602. The van der Waals surface area contributed by atoms with Crippen molar-refractivity contribution in [3.8, 4) is 0 Å². The maximum atomic E-state index is 12.5. The molecule has 2 aliphatic carbocycles. The van der Waals surface area contributed by atoms with Crippen LogP contribution in [0.2, 0.25) is 0 Å². The molecule has 4 rings (SSSR count). The van der Waals surface area contributed by atoms with E-state index in [0.29, 0.717) is 17.1 Å². The van der Waals surface area contributed by atoms with Crippen molar-refractivity contribution in [2.24, 2.45) is 0 Å². The van der Waals surface area contributed by atoms with Gasteiger partial charge in [0.1, 0.15) is 17.5 Å². The van der Waals surface area contributed by atoms with E-state index in [-0.39, 0.29) is 6.10 Å². The first-order valence-corrected chi connectivity index (χ1v) is 10.8. The molecule has 0 bridgehead atoms. The summed E-state index contributed by atoms with van der Waals surface area (Å²) in [4.78, 5) is 12.5. The number of carbonyl (C=O) groups is 1. The number of hydrogen-bond acceptors (Lipinski definition) is 4. The Bertz CT molecular complexity index is 1090. The van der Waals surface area contributed by atoms with Gasteiger partial charge in [-0.05, 0) is 63.2 Å². The molecule has 160 valence electrons. The van der Waals surface area contributed by atoms with E-state index in [9.17, 15) is 4.79 Å². The lowest BCUT2D eigenvalue weighted by molar-refractivity contribution is 0.121. The van der Waals surface area contributed by atoms with Crippen LogP contribution in [0.15, 0.2) is 75.9 Å². The summed E-state index contributed by atoms with van der Waals surface area (Å²) < 4.78 is 11.1. The Labute approximate surface area is 183 Å². The van der Waals surface area contributed by atoms with Crippen molar-refractivity contribution in [1.82, 2.24) is 5.16 Å². The molecule has 1 N–H and O–H groups in total. The molecule has 5 nitrogen and oxygen atoms in total. The van der Waals surface area contributed by atoms with Crippen molar-refractivity contribution in [2.45, 2.75) is 52.6 Å². The summed E-state index contributed by atoms with van der Waals surface area (Å²) >= 11 is 0. The van der Waals surface area contributed by atoms with Crippen LogP contribution in [-0.2, 0) is 4.74 Å². The first kappa shape index (κ1) is 20.9. The monoisotopic (exact) mass is 416 g/mol. The Kier molecular flexibility index (Phi) is 6.21. The molecule has 31 heavy (non-hydrogen) atoms. The molecule has 1 atom stereocenters. The number of aryl methyl sites for hydroxylation is 1. The van der Waals surface area contributed by atoms with Gasteiger partial charge in [0.15, 0.2) is 5.76 Å². The highest BCUT2D eigenvalue weighted by molar-refractivity contribution is 5.90. The maximum absolute atomic E-state index is 12.5. The quantitative estimate of drug-likeness (QED) is 0.566. The minimum atomic E-state index is -0.522. The van der Waals surface area contributed by atoms with Gasteiger partial charge in [0.25, 0.3) is 0 Å². The molecule has 0 saturated heterocycles. The normalized spacial score (nSPS) is 17.1. The van der Waals surface area contributed by atoms with Gasteiger partial charge in [0, 0.05) is 5.57 Å². The maximum Gasteiger partial charge on any atom is 0.412 e. The Morgan fingerprint density at radius 3 is 2.26 bits per heavy atom. The lowest BCUT2D eigenvalue weighted by Crippen LogP contribution is -2.17. The zero-order valence-corrected chi connectivity index (χ0v) is 18.3. The molecule has 1 unspecified atom stereocenters. The molecule has 1 heterocycles. The van der Waals surface area contributed by atoms with Crippen molar-refractivity contribution >= 4 is 17.4 Å². The van der Waals surface area contributed by atoms with Gasteiger partial charge in [-0.3, -0.25) is 5.32 Å². The van der Waals surface area contributed by atoms with Crippen LogP contribution in [0.5, 0.6) is 0 Å². The lowest BCUT2D eigenvalue weighted by Gasteiger charge is -2.19. The zero-order chi connectivity index (χ0) is 21.8. The van der Waals surface area contributed by atoms with Gasteiger partial charge in [-0.25, -0.2) is 4.79 Å². The minimum absolute atomic E-state index is 0.356. The fourth-order valence-corrected chi connectivity index (χ4v) is 3.92. The van der Waals surface area contributed by atoms with E-state index in [2.05, 4.69) is 41.7 Å². The number of carbonyl (C=O) groups excluding carboxylic acids is 1. The molecule has 1 amide bonds. The summed E-state index contributed by atoms with van der Waals surface area (Å²) in [7, 11) is 0. The van der Waals surface area contributed by atoms with E-state index >= 15 is 0 Å². The number of nitrogens with one attached hydrogen (secondary N) is 1. The van der Waals surface area contributed by atoms with Gasteiger partial charge < -0.3 is 9.26 Å². The van der Waals surface area contributed by atoms with Crippen LogP contribution < -0.4 is 5.32 Å². The topological polar surface area (TPSA) is 64.4 Å². The van der Waals surface area contributed by atoms with Gasteiger partial charge in [-0.1, -0.05) is 65.4 Å². The predicted molar refractivity (Wildman–Crippen MR) is 123 cm³/mol. The van der Waals surface area contributed by atoms with Crippen LogP contribution in [0.3, 0.4) is 0 Å². The molecule has 5 heteroatoms. The SMILES string of the molecule is CC1=CC=C(C2=CC=C(c3onc(C)c3NC(=O)OC(C)c3ccccc3)CC2)CC1. The third-order valence-electron chi connectivity index (χ3n) is 5.85. The van der Waals surface area contributed by atoms with E-state index in [4.69, 9.17) is 9.26 Å².